The number of carboxylic acid groups (broad SMARTS) is 1. The molecule has 0 bridgehead atoms. The Bertz CT molecular complexity index is 596. The average molecular weight is 323 g/mol. The highest BCUT2D eigenvalue weighted by Gasteiger charge is 2.17. The molecule has 1 rings (SSSR count). The van der Waals surface area contributed by atoms with Crippen molar-refractivity contribution >= 4 is 26.8 Å². The minimum absolute atomic E-state index is 0.0935. The first-order valence-corrected chi connectivity index (χ1v) is 8.89. The quantitative estimate of drug-likeness (QED) is 0.659. The van der Waals surface area contributed by atoms with E-state index in [1.54, 1.807) is 13.2 Å². The van der Waals surface area contributed by atoms with Crippen molar-refractivity contribution in [1.82, 2.24) is 14.5 Å². The molecule has 1 aromatic heterocycles. The Balaban J connectivity index is 2.62. The van der Waals surface area contributed by atoms with E-state index in [1.165, 1.54) is 0 Å². The van der Waals surface area contributed by atoms with Gasteiger partial charge in [0.25, 0.3) is 0 Å². The van der Waals surface area contributed by atoms with Crippen molar-refractivity contribution in [3.8, 4) is 0 Å². The molecule has 0 saturated carbocycles. The molecule has 2 N–H and O–H groups in total. The summed E-state index contributed by atoms with van der Waals surface area (Å²) in [6.45, 7) is 1.53. The molecule has 10 heteroatoms. The summed E-state index contributed by atoms with van der Waals surface area (Å²) < 4.78 is 38.3. The van der Waals surface area contributed by atoms with Gasteiger partial charge in [-0.05, 0) is 6.42 Å². The molecular weight excluding hydrogens is 306 g/mol. The number of rotatable bonds is 8. The van der Waals surface area contributed by atoms with Gasteiger partial charge in [-0.25, -0.2) is 13.1 Å². The van der Waals surface area contributed by atoms with Crippen LogP contribution in [0.1, 0.15) is 13.3 Å². The molecular formula is C10H17N3O5S2. The van der Waals surface area contributed by atoms with Crippen LogP contribution < -0.4 is 4.72 Å². The van der Waals surface area contributed by atoms with Gasteiger partial charge in [-0.3, -0.25) is 13.7 Å². The summed E-state index contributed by atoms with van der Waals surface area (Å²) in [4.78, 5) is 10.4. The zero-order valence-corrected chi connectivity index (χ0v) is 12.8. The Morgan fingerprint density at radius 2 is 2.25 bits per heavy atom. The predicted octanol–water partition coefficient (Wildman–Crippen LogP) is -0.597. The molecule has 0 spiro atoms. The van der Waals surface area contributed by atoms with Gasteiger partial charge in [0.1, 0.15) is 11.4 Å². The Morgan fingerprint density at radius 3 is 2.80 bits per heavy atom. The topological polar surface area (TPSA) is 118 Å². The standard InChI is InChI=1S/C10H17N3O5S2/c1-8(19(2)16)3-4-12-20(17,18)9-5-11-13(6-9)7-10(14)15/h5-6,8,12H,3-4,7H2,1-2H3,(H,14,15). The van der Waals surface area contributed by atoms with Crippen LogP contribution in [0.4, 0.5) is 0 Å². The van der Waals surface area contributed by atoms with Crippen molar-refractivity contribution < 1.29 is 22.5 Å². The van der Waals surface area contributed by atoms with Crippen LogP contribution in [0.5, 0.6) is 0 Å². The summed E-state index contributed by atoms with van der Waals surface area (Å²) in [6, 6.07) is 0. The lowest BCUT2D eigenvalue weighted by molar-refractivity contribution is -0.137. The maximum atomic E-state index is 11.9. The smallest absolute Gasteiger partial charge is 0.325 e. The van der Waals surface area contributed by atoms with E-state index in [0.29, 0.717) is 6.42 Å². The first-order chi connectivity index (χ1) is 9.22. The highest BCUT2D eigenvalue weighted by atomic mass is 32.2. The van der Waals surface area contributed by atoms with Crippen molar-refractivity contribution in [3.05, 3.63) is 12.4 Å². The molecule has 8 nitrogen and oxygen atoms in total. The number of carbonyl (C=O) groups is 1. The molecule has 0 radical (unpaired) electrons. The van der Waals surface area contributed by atoms with E-state index in [0.717, 1.165) is 17.1 Å². The number of hydrogen-bond acceptors (Lipinski definition) is 5. The molecule has 0 aromatic carbocycles. The molecule has 1 aromatic rings. The third kappa shape index (κ3) is 5.02. The van der Waals surface area contributed by atoms with Crippen molar-refractivity contribution in [2.45, 2.75) is 30.0 Å². The fourth-order valence-corrected chi connectivity index (χ4v) is 2.80. The number of aromatic nitrogens is 2. The molecule has 1 heterocycles. The summed E-state index contributed by atoms with van der Waals surface area (Å²) in [5, 5.41) is 12.1. The number of carboxylic acids is 1. The van der Waals surface area contributed by atoms with Gasteiger partial charge in [0.15, 0.2) is 0 Å². The van der Waals surface area contributed by atoms with E-state index < -0.39 is 33.3 Å². The lowest BCUT2D eigenvalue weighted by Crippen LogP contribution is -2.27. The van der Waals surface area contributed by atoms with E-state index in [1.807, 2.05) is 0 Å². The van der Waals surface area contributed by atoms with Gasteiger partial charge in [-0.15, -0.1) is 0 Å². The van der Waals surface area contributed by atoms with Crippen LogP contribution in [0.15, 0.2) is 17.3 Å². The Kier molecular flexibility index (Phi) is 5.84. The zero-order valence-electron chi connectivity index (χ0n) is 11.1. The van der Waals surface area contributed by atoms with Crippen molar-refractivity contribution in [3.63, 3.8) is 0 Å². The number of aliphatic carboxylic acids is 1. The van der Waals surface area contributed by atoms with E-state index in [2.05, 4.69) is 9.82 Å². The Morgan fingerprint density at radius 1 is 1.60 bits per heavy atom. The molecule has 114 valence electrons. The van der Waals surface area contributed by atoms with Gasteiger partial charge in [0, 0.05) is 35.0 Å². The van der Waals surface area contributed by atoms with Crippen molar-refractivity contribution in [2.24, 2.45) is 0 Å². The number of nitrogens with zero attached hydrogens (tertiary/aromatic N) is 2. The Labute approximate surface area is 119 Å². The van der Waals surface area contributed by atoms with Gasteiger partial charge < -0.3 is 5.11 Å². The monoisotopic (exact) mass is 323 g/mol. The number of sulfonamides is 1. The van der Waals surface area contributed by atoms with E-state index >= 15 is 0 Å². The summed E-state index contributed by atoms with van der Waals surface area (Å²) in [6.07, 6.45) is 4.26. The van der Waals surface area contributed by atoms with E-state index in [9.17, 15) is 17.4 Å². The van der Waals surface area contributed by atoms with Gasteiger partial charge in [0.2, 0.25) is 10.0 Å². The molecule has 0 saturated heterocycles. The van der Waals surface area contributed by atoms with Gasteiger partial charge in [-0.1, -0.05) is 6.92 Å². The zero-order chi connectivity index (χ0) is 15.3. The molecule has 0 amide bonds. The van der Waals surface area contributed by atoms with E-state index in [-0.39, 0.29) is 16.7 Å². The second-order valence-corrected chi connectivity index (χ2v) is 7.83. The van der Waals surface area contributed by atoms with Crippen LogP contribution >= 0.6 is 0 Å². The number of hydrogen-bond donors (Lipinski definition) is 2. The van der Waals surface area contributed by atoms with Crippen molar-refractivity contribution in [1.29, 1.82) is 0 Å². The molecule has 0 aliphatic carbocycles. The first-order valence-electron chi connectivity index (χ1n) is 5.78. The average Bonchev–Trinajstić information content (AvgIpc) is 2.76. The second-order valence-electron chi connectivity index (χ2n) is 4.26. The second kappa shape index (κ2) is 6.95. The van der Waals surface area contributed by atoms with Gasteiger partial charge >= 0.3 is 5.97 Å². The van der Waals surface area contributed by atoms with Gasteiger partial charge in [0.05, 0.1) is 6.20 Å². The van der Waals surface area contributed by atoms with Crippen LogP contribution in [0.25, 0.3) is 0 Å². The molecule has 2 unspecified atom stereocenters. The summed E-state index contributed by atoms with van der Waals surface area (Å²) >= 11 is 0. The fraction of sp³-hybridized carbons (Fsp3) is 0.600. The van der Waals surface area contributed by atoms with Gasteiger partial charge in [-0.2, -0.15) is 5.10 Å². The van der Waals surface area contributed by atoms with Crippen LogP contribution in [0, 0.1) is 0 Å². The maximum absolute atomic E-state index is 11.9. The molecule has 2 atom stereocenters. The normalized spacial score (nSPS) is 14.9. The third-order valence-corrected chi connectivity index (χ3v) is 5.41. The first kappa shape index (κ1) is 16.8. The van der Waals surface area contributed by atoms with Crippen LogP contribution in [0.2, 0.25) is 0 Å². The molecule has 0 fully saturated rings. The fourth-order valence-electron chi connectivity index (χ4n) is 1.35. The lowest BCUT2D eigenvalue weighted by Gasteiger charge is -2.08. The van der Waals surface area contributed by atoms with Crippen LogP contribution in [-0.2, 0) is 32.2 Å². The highest BCUT2D eigenvalue weighted by Crippen LogP contribution is 2.07. The Hall–Kier alpha value is -1.26. The summed E-state index contributed by atoms with van der Waals surface area (Å²) in [5.41, 5.74) is 0. The summed E-state index contributed by atoms with van der Waals surface area (Å²) in [7, 11) is -4.72. The highest BCUT2D eigenvalue weighted by molar-refractivity contribution is 7.89. The van der Waals surface area contributed by atoms with Crippen molar-refractivity contribution in [2.75, 3.05) is 12.8 Å². The minimum atomic E-state index is -3.72. The molecule has 0 aliphatic heterocycles. The van der Waals surface area contributed by atoms with Crippen LogP contribution in [-0.4, -0.2) is 51.5 Å². The number of nitrogens with one attached hydrogen (secondary N) is 1. The molecule has 20 heavy (non-hydrogen) atoms. The largest absolute Gasteiger partial charge is 0.480 e. The SMILES string of the molecule is CC(CCNS(=O)(=O)c1cnn(CC(=O)O)c1)S(C)=O. The summed E-state index contributed by atoms with van der Waals surface area (Å²) in [5.74, 6) is -1.11. The van der Waals surface area contributed by atoms with E-state index in [4.69, 9.17) is 5.11 Å². The molecule has 0 aliphatic rings. The lowest BCUT2D eigenvalue weighted by atomic mass is 10.3. The third-order valence-electron chi connectivity index (χ3n) is 2.63. The predicted molar refractivity (Wildman–Crippen MR) is 73.2 cm³/mol. The maximum Gasteiger partial charge on any atom is 0.325 e. The minimum Gasteiger partial charge on any atom is -0.480 e. The van der Waals surface area contributed by atoms with Crippen LogP contribution in [0.3, 0.4) is 0 Å².